The first kappa shape index (κ1) is 10.4. The standard InChI is InChI=1S/C13H11NO2/c1-9-2-3-11(8-12(15)13(9)16)10-4-6-14-7-5-10/h2-8H,1H3,(H,15,16). The lowest BCUT2D eigenvalue weighted by Crippen LogP contribution is -1.95. The average Bonchev–Trinajstić information content (AvgIpc) is 2.44. The molecule has 3 heteroatoms. The highest BCUT2D eigenvalue weighted by Crippen LogP contribution is 2.18. The third kappa shape index (κ3) is 1.93. The van der Waals surface area contributed by atoms with Crippen molar-refractivity contribution in [2.75, 3.05) is 0 Å². The fourth-order valence-corrected chi connectivity index (χ4v) is 1.47. The molecule has 1 heterocycles. The molecule has 0 aliphatic rings. The van der Waals surface area contributed by atoms with Crippen LogP contribution in [0.5, 0.6) is 5.75 Å². The number of aromatic nitrogens is 1. The van der Waals surface area contributed by atoms with Crippen molar-refractivity contribution < 1.29 is 5.11 Å². The van der Waals surface area contributed by atoms with Gasteiger partial charge >= 0.3 is 0 Å². The second-order valence-corrected chi connectivity index (χ2v) is 3.56. The number of nitrogens with zero attached hydrogens (tertiary/aromatic N) is 1. The smallest absolute Gasteiger partial charge is 0.221 e. The van der Waals surface area contributed by atoms with Gasteiger partial charge in [-0.25, -0.2) is 0 Å². The van der Waals surface area contributed by atoms with Gasteiger partial charge in [0.25, 0.3) is 0 Å². The van der Waals surface area contributed by atoms with Crippen LogP contribution in [0.3, 0.4) is 0 Å². The van der Waals surface area contributed by atoms with E-state index in [1.165, 1.54) is 6.07 Å². The van der Waals surface area contributed by atoms with Gasteiger partial charge in [-0.05, 0) is 41.8 Å². The molecule has 0 saturated heterocycles. The van der Waals surface area contributed by atoms with Gasteiger partial charge in [0, 0.05) is 12.4 Å². The van der Waals surface area contributed by atoms with Gasteiger partial charge in [0.15, 0.2) is 5.75 Å². The van der Waals surface area contributed by atoms with Crippen molar-refractivity contribution in [3.05, 3.63) is 58.5 Å². The zero-order valence-corrected chi connectivity index (χ0v) is 8.84. The first-order chi connectivity index (χ1) is 7.68. The van der Waals surface area contributed by atoms with Crippen LogP contribution in [0.1, 0.15) is 5.56 Å². The summed E-state index contributed by atoms with van der Waals surface area (Å²) in [5.41, 5.74) is 1.89. The normalized spacial score (nSPS) is 10.1. The van der Waals surface area contributed by atoms with E-state index < -0.39 is 0 Å². The summed E-state index contributed by atoms with van der Waals surface area (Å²) in [6.07, 6.45) is 3.33. The average molecular weight is 213 g/mol. The largest absolute Gasteiger partial charge is 0.504 e. The lowest BCUT2D eigenvalue weighted by molar-refractivity contribution is 0.467. The molecule has 0 atom stereocenters. The van der Waals surface area contributed by atoms with Gasteiger partial charge in [0.05, 0.1) is 0 Å². The van der Waals surface area contributed by atoms with E-state index >= 15 is 0 Å². The molecule has 2 rings (SSSR count). The van der Waals surface area contributed by atoms with Crippen LogP contribution in [0.2, 0.25) is 0 Å². The molecule has 0 aliphatic carbocycles. The third-order valence-electron chi connectivity index (χ3n) is 2.42. The Hall–Kier alpha value is -2.16. The zero-order chi connectivity index (χ0) is 11.5. The minimum absolute atomic E-state index is 0.194. The van der Waals surface area contributed by atoms with Crippen LogP contribution in [-0.4, -0.2) is 10.1 Å². The number of aryl methyl sites for hydroxylation is 1. The Balaban J connectivity index is 2.66. The zero-order valence-electron chi connectivity index (χ0n) is 8.84. The monoisotopic (exact) mass is 213 g/mol. The Morgan fingerprint density at radius 3 is 2.44 bits per heavy atom. The van der Waals surface area contributed by atoms with Crippen molar-refractivity contribution in [1.29, 1.82) is 0 Å². The van der Waals surface area contributed by atoms with E-state index in [1.807, 2.05) is 18.2 Å². The van der Waals surface area contributed by atoms with Gasteiger partial charge in [0.2, 0.25) is 5.43 Å². The summed E-state index contributed by atoms with van der Waals surface area (Å²) in [7, 11) is 0. The van der Waals surface area contributed by atoms with Crippen molar-refractivity contribution in [2.45, 2.75) is 6.92 Å². The fourth-order valence-electron chi connectivity index (χ4n) is 1.47. The molecule has 1 aromatic heterocycles. The fraction of sp³-hybridized carbons (Fsp3) is 0.0769. The van der Waals surface area contributed by atoms with Crippen molar-refractivity contribution in [2.24, 2.45) is 0 Å². The predicted octanol–water partition coefficient (Wildman–Crippen LogP) is 2.12. The highest BCUT2D eigenvalue weighted by molar-refractivity contribution is 5.62. The van der Waals surface area contributed by atoms with Crippen LogP contribution in [0.25, 0.3) is 11.1 Å². The van der Waals surface area contributed by atoms with Crippen molar-refractivity contribution in [1.82, 2.24) is 4.98 Å². The second-order valence-electron chi connectivity index (χ2n) is 3.56. The first-order valence-corrected chi connectivity index (χ1v) is 4.93. The van der Waals surface area contributed by atoms with E-state index in [1.54, 1.807) is 25.4 Å². The van der Waals surface area contributed by atoms with Crippen LogP contribution >= 0.6 is 0 Å². The van der Waals surface area contributed by atoms with Crippen molar-refractivity contribution in [3.63, 3.8) is 0 Å². The summed E-state index contributed by atoms with van der Waals surface area (Å²) >= 11 is 0. The van der Waals surface area contributed by atoms with E-state index in [0.29, 0.717) is 5.56 Å². The molecule has 80 valence electrons. The Labute approximate surface area is 93.0 Å². The molecule has 0 unspecified atom stereocenters. The highest BCUT2D eigenvalue weighted by atomic mass is 16.3. The molecule has 0 spiro atoms. The molecule has 2 aromatic rings. The van der Waals surface area contributed by atoms with Crippen LogP contribution in [0.4, 0.5) is 0 Å². The van der Waals surface area contributed by atoms with Crippen LogP contribution in [0.15, 0.2) is 47.5 Å². The molecule has 0 saturated carbocycles. The maximum absolute atomic E-state index is 11.6. The maximum atomic E-state index is 11.6. The first-order valence-electron chi connectivity index (χ1n) is 4.93. The van der Waals surface area contributed by atoms with E-state index in [4.69, 9.17) is 0 Å². The molecule has 0 aliphatic heterocycles. The molecule has 1 N–H and O–H groups in total. The molecule has 0 fully saturated rings. The van der Waals surface area contributed by atoms with Gasteiger partial charge in [-0.3, -0.25) is 9.78 Å². The number of rotatable bonds is 1. The summed E-state index contributed by atoms with van der Waals surface area (Å²) in [5, 5.41) is 9.51. The Kier molecular flexibility index (Phi) is 2.68. The van der Waals surface area contributed by atoms with Gasteiger partial charge in [-0.1, -0.05) is 12.1 Å². The van der Waals surface area contributed by atoms with Crippen molar-refractivity contribution in [3.8, 4) is 16.9 Å². The Bertz CT molecular complexity index is 565. The molecule has 0 bridgehead atoms. The van der Waals surface area contributed by atoms with Gasteiger partial charge in [-0.15, -0.1) is 0 Å². The van der Waals surface area contributed by atoms with E-state index in [-0.39, 0.29) is 11.2 Å². The molecule has 16 heavy (non-hydrogen) atoms. The lowest BCUT2D eigenvalue weighted by Gasteiger charge is -1.95. The highest BCUT2D eigenvalue weighted by Gasteiger charge is 2.02. The Morgan fingerprint density at radius 2 is 1.75 bits per heavy atom. The van der Waals surface area contributed by atoms with Gasteiger partial charge < -0.3 is 5.11 Å². The predicted molar refractivity (Wildman–Crippen MR) is 62.3 cm³/mol. The van der Waals surface area contributed by atoms with Gasteiger partial charge in [-0.2, -0.15) is 0 Å². The summed E-state index contributed by atoms with van der Waals surface area (Å²) in [6.45, 7) is 1.70. The van der Waals surface area contributed by atoms with Crippen LogP contribution in [0, 0.1) is 6.92 Å². The summed E-state index contributed by atoms with van der Waals surface area (Å²) in [6, 6.07) is 8.61. The number of pyridine rings is 1. The Morgan fingerprint density at radius 1 is 1.06 bits per heavy atom. The number of hydrogen-bond donors (Lipinski definition) is 1. The second kappa shape index (κ2) is 4.14. The summed E-state index contributed by atoms with van der Waals surface area (Å²) < 4.78 is 0. The number of hydrogen-bond acceptors (Lipinski definition) is 3. The summed E-state index contributed by atoms with van der Waals surface area (Å²) in [5.74, 6) is -0.194. The van der Waals surface area contributed by atoms with Crippen molar-refractivity contribution >= 4 is 0 Å². The van der Waals surface area contributed by atoms with E-state index in [9.17, 15) is 9.90 Å². The van der Waals surface area contributed by atoms with Crippen LogP contribution < -0.4 is 5.43 Å². The third-order valence-corrected chi connectivity index (χ3v) is 2.42. The molecular weight excluding hydrogens is 202 g/mol. The van der Waals surface area contributed by atoms with E-state index in [2.05, 4.69) is 4.98 Å². The van der Waals surface area contributed by atoms with Gasteiger partial charge in [0.1, 0.15) is 0 Å². The molecule has 3 nitrogen and oxygen atoms in total. The molecule has 0 radical (unpaired) electrons. The number of aromatic hydroxyl groups is 1. The summed E-state index contributed by atoms with van der Waals surface area (Å²) in [4.78, 5) is 15.5. The maximum Gasteiger partial charge on any atom is 0.221 e. The minimum atomic E-state index is -0.366. The molecular formula is C13H11NO2. The van der Waals surface area contributed by atoms with E-state index in [0.717, 1.165) is 11.1 Å². The molecule has 0 amide bonds. The topological polar surface area (TPSA) is 50.2 Å². The van der Waals surface area contributed by atoms with Crippen LogP contribution in [-0.2, 0) is 0 Å². The lowest BCUT2D eigenvalue weighted by atomic mass is 10.1. The minimum Gasteiger partial charge on any atom is -0.504 e. The quantitative estimate of drug-likeness (QED) is 0.789. The SMILES string of the molecule is Cc1ccc(-c2ccncc2)cc(=O)c1O. The molecule has 1 aromatic carbocycles.